The van der Waals surface area contributed by atoms with Crippen molar-refractivity contribution in [3.63, 3.8) is 0 Å². The summed E-state index contributed by atoms with van der Waals surface area (Å²) in [5, 5.41) is 18.1. The smallest absolute Gasteiger partial charge is 0.244 e. The quantitative estimate of drug-likeness (QED) is 0.469. The molecule has 31 heavy (non-hydrogen) atoms. The van der Waals surface area contributed by atoms with E-state index in [1.165, 1.54) is 0 Å². The van der Waals surface area contributed by atoms with Gasteiger partial charge in [0.2, 0.25) is 5.91 Å². The normalized spacial score (nSPS) is 10.7. The van der Waals surface area contributed by atoms with E-state index in [1.807, 2.05) is 49.8 Å². The van der Waals surface area contributed by atoms with Gasteiger partial charge in [-0.05, 0) is 23.8 Å². The topological polar surface area (TPSA) is 111 Å². The lowest BCUT2D eigenvalue weighted by molar-refractivity contribution is -0.114. The molecule has 3 aromatic heterocycles. The Labute approximate surface area is 178 Å². The van der Waals surface area contributed by atoms with Crippen LogP contribution in [0, 0.1) is 11.3 Å². The van der Waals surface area contributed by atoms with Gasteiger partial charge in [-0.1, -0.05) is 18.7 Å². The number of carbonyl (C=O) groups is 1. The summed E-state index contributed by atoms with van der Waals surface area (Å²) in [7, 11) is 1.86. The first kappa shape index (κ1) is 19.9. The molecule has 4 rings (SSSR count). The van der Waals surface area contributed by atoms with E-state index in [0.29, 0.717) is 29.9 Å². The molecule has 0 bridgehead atoms. The van der Waals surface area contributed by atoms with Gasteiger partial charge in [0.05, 0.1) is 30.1 Å². The van der Waals surface area contributed by atoms with Crippen LogP contribution in [-0.4, -0.2) is 31.9 Å². The number of benzene rings is 1. The molecule has 0 aliphatic carbocycles. The molecule has 0 radical (unpaired) electrons. The Bertz CT molecular complexity index is 1320. The van der Waals surface area contributed by atoms with Crippen LogP contribution in [0.2, 0.25) is 0 Å². The molecule has 0 aliphatic rings. The van der Waals surface area contributed by atoms with E-state index in [2.05, 4.69) is 22.8 Å². The Morgan fingerprint density at radius 1 is 1.16 bits per heavy atom. The number of nitrogens with zero attached hydrogens (tertiary/aromatic N) is 5. The van der Waals surface area contributed by atoms with E-state index in [-0.39, 0.29) is 0 Å². The molecule has 4 aromatic rings. The van der Waals surface area contributed by atoms with Gasteiger partial charge in [0, 0.05) is 48.1 Å². The molecular weight excluding hydrogens is 392 g/mol. The predicted molar refractivity (Wildman–Crippen MR) is 116 cm³/mol. The lowest BCUT2D eigenvalue weighted by Gasteiger charge is -2.10. The van der Waals surface area contributed by atoms with Crippen molar-refractivity contribution in [2.45, 2.75) is 6.42 Å². The van der Waals surface area contributed by atoms with Crippen molar-refractivity contribution in [2.75, 3.05) is 6.61 Å². The minimum Gasteiger partial charge on any atom is -0.493 e. The summed E-state index contributed by atoms with van der Waals surface area (Å²) in [6.45, 7) is 3.93. The second-order valence-corrected chi connectivity index (χ2v) is 7.10. The number of hydrogen-bond donors (Lipinski definition) is 1. The van der Waals surface area contributed by atoms with Crippen molar-refractivity contribution in [3.05, 3.63) is 72.8 Å². The van der Waals surface area contributed by atoms with Crippen molar-refractivity contribution >= 4 is 11.4 Å². The average Bonchev–Trinajstić information content (AvgIpc) is 3.39. The maximum atomic E-state index is 11.0. The number of aryl methyl sites for hydroxylation is 1. The average molecular weight is 412 g/mol. The molecule has 0 unspecified atom stereocenters. The fourth-order valence-corrected chi connectivity index (χ4v) is 3.30. The number of nitrogens with two attached hydrogens (primary N) is 1. The Morgan fingerprint density at radius 3 is 2.58 bits per heavy atom. The number of nitriles is 1. The van der Waals surface area contributed by atoms with Gasteiger partial charge in [0.25, 0.3) is 0 Å². The summed E-state index contributed by atoms with van der Waals surface area (Å²) in [4.78, 5) is 11.0. The fourth-order valence-electron chi connectivity index (χ4n) is 3.30. The van der Waals surface area contributed by atoms with Crippen LogP contribution in [0.3, 0.4) is 0 Å². The number of carbonyl (C=O) groups excluding carboxylic acids is 1. The Balaban J connectivity index is 1.68. The van der Waals surface area contributed by atoms with Gasteiger partial charge >= 0.3 is 0 Å². The summed E-state index contributed by atoms with van der Waals surface area (Å²) in [5.41, 5.74) is 10.4. The third kappa shape index (κ3) is 4.02. The van der Waals surface area contributed by atoms with E-state index in [1.54, 1.807) is 21.6 Å². The number of amides is 1. The SMILES string of the molecule is C=C(CCOc1ccc(-c2cc(-c3cnn(C)c3)cn3ncc(C#N)c23)cc1)C(N)=O. The molecule has 154 valence electrons. The molecule has 0 aliphatic heterocycles. The van der Waals surface area contributed by atoms with Crippen LogP contribution in [-0.2, 0) is 11.8 Å². The lowest BCUT2D eigenvalue weighted by Crippen LogP contribution is -2.15. The van der Waals surface area contributed by atoms with E-state index < -0.39 is 5.91 Å². The zero-order chi connectivity index (χ0) is 22.0. The Hall–Kier alpha value is -4.38. The van der Waals surface area contributed by atoms with Crippen molar-refractivity contribution < 1.29 is 9.53 Å². The summed E-state index contributed by atoms with van der Waals surface area (Å²) >= 11 is 0. The highest BCUT2D eigenvalue weighted by Crippen LogP contribution is 2.32. The Morgan fingerprint density at radius 2 is 1.94 bits per heavy atom. The largest absolute Gasteiger partial charge is 0.493 e. The summed E-state index contributed by atoms with van der Waals surface area (Å²) in [6.07, 6.45) is 7.54. The molecule has 8 nitrogen and oxygen atoms in total. The van der Waals surface area contributed by atoms with Gasteiger partial charge in [-0.2, -0.15) is 15.5 Å². The van der Waals surface area contributed by atoms with Crippen molar-refractivity contribution in [1.82, 2.24) is 19.4 Å². The number of hydrogen-bond acceptors (Lipinski definition) is 5. The molecule has 8 heteroatoms. The van der Waals surface area contributed by atoms with Crippen LogP contribution < -0.4 is 10.5 Å². The van der Waals surface area contributed by atoms with Crippen LogP contribution in [0.5, 0.6) is 5.75 Å². The highest BCUT2D eigenvalue weighted by molar-refractivity contribution is 5.91. The molecule has 0 spiro atoms. The fraction of sp³-hybridized carbons (Fsp3) is 0.130. The third-order valence-corrected chi connectivity index (χ3v) is 4.96. The van der Waals surface area contributed by atoms with Crippen LogP contribution in [0.4, 0.5) is 0 Å². The van der Waals surface area contributed by atoms with Crippen LogP contribution in [0.1, 0.15) is 12.0 Å². The highest BCUT2D eigenvalue weighted by atomic mass is 16.5. The van der Waals surface area contributed by atoms with Gasteiger partial charge in [-0.15, -0.1) is 0 Å². The molecule has 3 heterocycles. The molecule has 0 saturated carbocycles. The first-order chi connectivity index (χ1) is 15.0. The number of aromatic nitrogens is 4. The van der Waals surface area contributed by atoms with Gasteiger partial charge < -0.3 is 10.5 Å². The highest BCUT2D eigenvalue weighted by Gasteiger charge is 2.14. The maximum absolute atomic E-state index is 11.0. The zero-order valence-electron chi connectivity index (χ0n) is 16.9. The number of primary amides is 1. The van der Waals surface area contributed by atoms with E-state index in [4.69, 9.17) is 10.5 Å². The van der Waals surface area contributed by atoms with Crippen molar-refractivity contribution in [1.29, 1.82) is 5.26 Å². The Kier molecular flexibility index (Phi) is 5.24. The minimum atomic E-state index is -0.523. The van der Waals surface area contributed by atoms with Crippen molar-refractivity contribution in [2.24, 2.45) is 12.8 Å². The molecule has 0 saturated heterocycles. The van der Waals surface area contributed by atoms with E-state index in [0.717, 1.165) is 27.8 Å². The standard InChI is InChI=1S/C23H20N6O2/c1-15(23(25)30)7-8-31-20-5-3-16(4-6-20)21-9-17(19-12-26-28(2)13-19)14-29-22(21)18(10-24)11-27-29/h3-6,9,11-14H,1,7-8H2,2H3,(H2,25,30). The van der Waals surface area contributed by atoms with Gasteiger partial charge in [0.15, 0.2) is 0 Å². The second-order valence-electron chi connectivity index (χ2n) is 7.10. The number of rotatable bonds is 7. The predicted octanol–water partition coefficient (Wildman–Crippen LogP) is 3.08. The van der Waals surface area contributed by atoms with Crippen molar-refractivity contribution in [3.8, 4) is 34.1 Å². The number of ether oxygens (including phenoxy) is 1. The first-order valence-corrected chi connectivity index (χ1v) is 9.57. The first-order valence-electron chi connectivity index (χ1n) is 9.57. The minimum absolute atomic E-state index is 0.309. The zero-order valence-corrected chi connectivity index (χ0v) is 16.9. The summed E-state index contributed by atoms with van der Waals surface area (Å²) < 4.78 is 9.14. The lowest BCUT2D eigenvalue weighted by atomic mass is 10.00. The summed E-state index contributed by atoms with van der Waals surface area (Å²) in [6, 6.07) is 11.8. The molecule has 0 atom stereocenters. The molecule has 0 fully saturated rings. The van der Waals surface area contributed by atoms with Gasteiger partial charge in [0.1, 0.15) is 11.8 Å². The maximum Gasteiger partial charge on any atom is 0.244 e. The van der Waals surface area contributed by atoms with Crippen LogP contribution in [0.15, 0.2) is 67.3 Å². The van der Waals surface area contributed by atoms with Gasteiger partial charge in [-0.25, -0.2) is 4.52 Å². The van der Waals surface area contributed by atoms with E-state index in [9.17, 15) is 10.1 Å². The monoisotopic (exact) mass is 412 g/mol. The van der Waals surface area contributed by atoms with E-state index >= 15 is 0 Å². The molecule has 1 aromatic carbocycles. The second kappa shape index (κ2) is 8.16. The molecule has 1 amide bonds. The molecular formula is C23H20N6O2. The third-order valence-electron chi connectivity index (χ3n) is 4.96. The van der Waals surface area contributed by atoms with Crippen LogP contribution in [0.25, 0.3) is 27.8 Å². The van der Waals surface area contributed by atoms with Crippen LogP contribution >= 0.6 is 0 Å². The molecule has 2 N–H and O–H groups in total. The summed E-state index contributed by atoms with van der Waals surface area (Å²) in [5.74, 6) is 0.139. The van der Waals surface area contributed by atoms with Gasteiger partial charge in [-0.3, -0.25) is 9.48 Å². The number of pyridine rings is 1. The number of fused-ring (bicyclic) bond motifs is 1.